The van der Waals surface area contributed by atoms with E-state index in [2.05, 4.69) is 4.98 Å². The van der Waals surface area contributed by atoms with Crippen LogP contribution in [0.2, 0.25) is 10.0 Å². The van der Waals surface area contributed by atoms with Crippen molar-refractivity contribution in [2.75, 3.05) is 0 Å². The molecular formula is C15H15Cl2NO. The first-order chi connectivity index (χ1) is 9.15. The normalized spacial score (nSPS) is 12.4. The van der Waals surface area contributed by atoms with Gasteiger partial charge in [0.15, 0.2) is 0 Å². The zero-order valence-corrected chi connectivity index (χ0v) is 11.9. The molecule has 0 aliphatic heterocycles. The van der Waals surface area contributed by atoms with Crippen molar-refractivity contribution in [2.45, 2.75) is 25.4 Å². The van der Waals surface area contributed by atoms with Crippen molar-refractivity contribution >= 4 is 23.2 Å². The monoisotopic (exact) mass is 295 g/mol. The Hall–Kier alpha value is -1.09. The number of rotatable bonds is 5. The molecule has 2 rings (SSSR count). The molecule has 1 N–H and O–H groups in total. The Kier molecular flexibility index (Phi) is 5.20. The molecule has 4 heteroatoms. The van der Waals surface area contributed by atoms with Gasteiger partial charge in [0.1, 0.15) is 0 Å². The van der Waals surface area contributed by atoms with Crippen LogP contribution in [0.15, 0.2) is 42.7 Å². The summed E-state index contributed by atoms with van der Waals surface area (Å²) in [5.74, 6) is 0. The molecule has 1 aromatic heterocycles. The van der Waals surface area contributed by atoms with Crippen LogP contribution in [0, 0.1) is 0 Å². The van der Waals surface area contributed by atoms with E-state index in [1.54, 1.807) is 24.5 Å². The summed E-state index contributed by atoms with van der Waals surface area (Å²) in [4.78, 5) is 3.97. The van der Waals surface area contributed by atoms with Gasteiger partial charge in [0.25, 0.3) is 0 Å². The van der Waals surface area contributed by atoms with Gasteiger partial charge in [-0.25, -0.2) is 0 Å². The fourth-order valence-electron chi connectivity index (χ4n) is 1.92. The summed E-state index contributed by atoms with van der Waals surface area (Å²) in [6.07, 6.45) is 5.28. The van der Waals surface area contributed by atoms with E-state index in [0.29, 0.717) is 22.9 Å². The van der Waals surface area contributed by atoms with Gasteiger partial charge in [-0.05, 0) is 54.7 Å². The Bertz CT molecular complexity index is 531. The molecule has 2 nitrogen and oxygen atoms in total. The zero-order valence-electron chi connectivity index (χ0n) is 10.4. The van der Waals surface area contributed by atoms with Gasteiger partial charge in [0.05, 0.1) is 16.1 Å². The molecular weight excluding hydrogens is 281 g/mol. The van der Waals surface area contributed by atoms with Gasteiger partial charge in [-0.15, -0.1) is 0 Å². The minimum atomic E-state index is -0.384. The van der Waals surface area contributed by atoms with Gasteiger partial charge in [-0.3, -0.25) is 4.98 Å². The molecule has 0 amide bonds. The Balaban J connectivity index is 1.87. The number of halogens is 2. The van der Waals surface area contributed by atoms with E-state index in [4.69, 9.17) is 23.2 Å². The first-order valence-electron chi connectivity index (χ1n) is 6.16. The summed E-state index contributed by atoms with van der Waals surface area (Å²) in [5, 5.41) is 11.1. The van der Waals surface area contributed by atoms with Crippen LogP contribution >= 0.6 is 23.2 Å². The molecule has 0 radical (unpaired) electrons. The summed E-state index contributed by atoms with van der Waals surface area (Å²) >= 11 is 11.8. The van der Waals surface area contributed by atoms with Crippen LogP contribution in [-0.2, 0) is 12.8 Å². The molecule has 19 heavy (non-hydrogen) atoms. The molecule has 0 spiro atoms. The molecule has 0 fully saturated rings. The van der Waals surface area contributed by atoms with Gasteiger partial charge in [-0.1, -0.05) is 29.3 Å². The minimum absolute atomic E-state index is 0.384. The van der Waals surface area contributed by atoms with Gasteiger partial charge < -0.3 is 5.11 Å². The molecule has 1 atom stereocenters. The summed E-state index contributed by atoms with van der Waals surface area (Å²) in [6.45, 7) is 0. The molecule has 0 saturated carbocycles. The Labute approximate surface area is 123 Å². The number of aliphatic hydroxyl groups is 1. The van der Waals surface area contributed by atoms with Crippen molar-refractivity contribution < 1.29 is 5.11 Å². The first-order valence-corrected chi connectivity index (χ1v) is 6.91. The second kappa shape index (κ2) is 6.90. The van der Waals surface area contributed by atoms with Crippen molar-refractivity contribution in [2.24, 2.45) is 0 Å². The van der Waals surface area contributed by atoms with Gasteiger partial charge in [-0.2, -0.15) is 0 Å². The highest BCUT2D eigenvalue weighted by Gasteiger charge is 2.07. The van der Waals surface area contributed by atoms with Gasteiger partial charge in [0, 0.05) is 12.4 Å². The predicted octanol–water partition coefficient (Wildman–Crippen LogP) is 3.92. The highest BCUT2D eigenvalue weighted by atomic mass is 35.5. The van der Waals surface area contributed by atoms with Gasteiger partial charge in [0.2, 0.25) is 0 Å². The largest absolute Gasteiger partial charge is 0.393 e. The van der Waals surface area contributed by atoms with Crippen molar-refractivity contribution in [1.82, 2.24) is 4.98 Å². The van der Waals surface area contributed by atoms with Crippen LogP contribution in [0.3, 0.4) is 0 Å². The minimum Gasteiger partial charge on any atom is -0.393 e. The maximum atomic E-state index is 10.0. The lowest BCUT2D eigenvalue weighted by Gasteiger charge is -2.11. The van der Waals surface area contributed by atoms with Crippen molar-refractivity contribution in [3.63, 3.8) is 0 Å². The topological polar surface area (TPSA) is 33.1 Å². The number of pyridine rings is 1. The summed E-state index contributed by atoms with van der Waals surface area (Å²) in [6, 6.07) is 9.38. The third-order valence-corrected chi connectivity index (χ3v) is 3.71. The Morgan fingerprint density at radius 3 is 2.42 bits per heavy atom. The molecule has 1 heterocycles. The van der Waals surface area contributed by atoms with Crippen molar-refractivity contribution in [3.05, 3.63) is 63.9 Å². The van der Waals surface area contributed by atoms with Crippen LogP contribution in [0.1, 0.15) is 17.5 Å². The van der Waals surface area contributed by atoms with Crippen LogP contribution in [0.4, 0.5) is 0 Å². The lowest BCUT2D eigenvalue weighted by Crippen LogP contribution is -2.11. The zero-order chi connectivity index (χ0) is 13.7. The van der Waals surface area contributed by atoms with E-state index in [9.17, 15) is 5.11 Å². The van der Waals surface area contributed by atoms with E-state index < -0.39 is 0 Å². The standard InChI is InChI=1S/C15H15Cl2NO/c16-14-4-2-12(10-15(14)17)9-13(19)3-1-11-5-7-18-8-6-11/h2,4-8,10,13,19H,1,3,9H2. The lowest BCUT2D eigenvalue weighted by molar-refractivity contribution is 0.165. The number of benzene rings is 1. The average Bonchev–Trinajstić information content (AvgIpc) is 2.42. The second-order valence-electron chi connectivity index (χ2n) is 4.50. The maximum absolute atomic E-state index is 10.0. The highest BCUT2D eigenvalue weighted by molar-refractivity contribution is 6.42. The second-order valence-corrected chi connectivity index (χ2v) is 5.31. The number of aryl methyl sites for hydroxylation is 1. The number of hydrogen-bond acceptors (Lipinski definition) is 2. The van der Waals surface area contributed by atoms with Crippen molar-refractivity contribution in [3.8, 4) is 0 Å². The Morgan fingerprint density at radius 1 is 1.00 bits per heavy atom. The van der Waals surface area contributed by atoms with Crippen LogP contribution in [0.5, 0.6) is 0 Å². The number of aromatic nitrogens is 1. The van der Waals surface area contributed by atoms with E-state index in [1.807, 2.05) is 18.2 Å². The number of nitrogens with zero attached hydrogens (tertiary/aromatic N) is 1. The maximum Gasteiger partial charge on any atom is 0.0595 e. The smallest absolute Gasteiger partial charge is 0.0595 e. The van der Waals surface area contributed by atoms with Gasteiger partial charge >= 0.3 is 0 Å². The average molecular weight is 296 g/mol. The quantitative estimate of drug-likeness (QED) is 0.907. The number of hydrogen-bond donors (Lipinski definition) is 1. The van der Waals surface area contributed by atoms with Crippen molar-refractivity contribution in [1.29, 1.82) is 0 Å². The molecule has 1 aromatic carbocycles. The predicted molar refractivity (Wildman–Crippen MR) is 78.7 cm³/mol. The third kappa shape index (κ3) is 4.50. The molecule has 0 saturated heterocycles. The summed E-state index contributed by atoms with van der Waals surface area (Å²) < 4.78 is 0. The molecule has 1 unspecified atom stereocenters. The first kappa shape index (κ1) is 14.3. The third-order valence-electron chi connectivity index (χ3n) is 2.97. The lowest BCUT2D eigenvalue weighted by atomic mass is 10.0. The Morgan fingerprint density at radius 2 is 1.74 bits per heavy atom. The summed E-state index contributed by atoms with van der Waals surface area (Å²) in [5.41, 5.74) is 2.18. The molecule has 2 aromatic rings. The van der Waals surface area contributed by atoms with E-state index in [0.717, 1.165) is 12.0 Å². The summed E-state index contributed by atoms with van der Waals surface area (Å²) in [7, 11) is 0. The molecule has 0 bridgehead atoms. The van der Waals surface area contributed by atoms with E-state index in [-0.39, 0.29) is 6.10 Å². The molecule has 100 valence electrons. The van der Waals surface area contributed by atoms with E-state index >= 15 is 0 Å². The SMILES string of the molecule is OC(CCc1ccncc1)Cc1ccc(Cl)c(Cl)c1. The van der Waals surface area contributed by atoms with Crippen LogP contribution < -0.4 is 0 Å². The van der Waals surface area contributed by atoms with Crippen LogP contribution in [0.25, 0.3) is 0 Å². The van der Waals surface area contributed by atoms with E-state index in [1.165, 1.54) is 5.56 Å². The fourth-order valence-corrected chi connectivity index (χ4v) is 2.24. The van der Waals surface area contributed by atoms with Crippen LogP contribution in [-0.4, -0.2) is 16.2 Å². The highest BCUT2D eigenvalue weighted by Crippen LogP contribution is 2.23. The fraction of sp³-hybridized carbons (Fsp3) is 0.267. The molecule has 0 aliphatic rings. The number of aliphatic hydroxyl groups excluding tert-OH is 1. The molecule has 0 aliphatic carbocycles.